The number of hydrogen-bond donors (Lipinski definition) is 3. The molecule has 16 heavy (non-hydrogen) atoms. The van der Waals surface area contributed by atoms with Gasteiger partial charge in [-0.1, -0.05) is 19.8 Å². The van der Waals surface area contributed by atoms with E-state index in [4.69, 9.17) is 5.73 Å². The van der Waals surface area contributed by atoms with Crippen LogP contribution in [0.15, 0.2) is 0 Å². The maximum atomic E-state index is 11.5. The van der Waals surface area contributed by atoms with Crippen molar-refractivity contribution in [2.75, 3.05) is 6.54 Å². The van der Waals surface area contributed by atoms with E-state index in [1.165, 1.54) is 0 Å². The van der Waals surface area contributed by atoms with Gasteiger partial charge in [-0.25, -0.2) is 0 Å². The second-order valence-electron chi connectivity index (χ2n) is 5.37. The fourth-order valence-electron chi connectivity index (χ4n) is 2.25. The van der Waals surface area contributed by atoms with Crippen molar-refractivity contribution in [3.05, 3.63) is 0 Å². The lowest BCUT2D eigenvalue weighted by atomic mass is 9.73. The molecule has 0 heterocycles. The average molecular weight is 228 g/mol. The molecular formula is C12H24N2O2. The quantitative estimate of drug-likeness (QED) is 0.665. The molecule has 0 saturated heterocycles. The van der Waals surface area contributed by atoms with Crippen molar-refractivity contribution in [1.82, 2.24) is 5.32 Å². The standard InChI is InChI=1S/C12H24N2O2/c1-9(13)7-11(16)14-8-12(2)6-4-3-5-10(12)15/h9-10,15H,3-8,13H2,1-2H3,(H,14,16). The Kier molecular flexibility index (Phi) is 4.74. The molecule has 1 saturated carbocycles. The van der Waals surface area contributed by atoms with E-state index < -0.39 is 0 Å². The van der Waals surface area contributed by atoms with Gasteiger partial charge < -0.3 is 16.2 Å². The second kappa shape index (κ2) is 5.64. The van der Waals surface area contributed by atoms with E-state index in [9.17, 15) is 9.90 Å². The van der Waals surface area contributed by atoms with E-state index in [2.05, 4.69) is 5.32 Å². The first-order valence-corrected chi connectivity index (χ1v) is 6.14. The molecule has 1 fully saturated rings. The van der Waals surface area contributed by atoms with E-state index >= 15 is 0 Å². The zero-order chi connectivity index (χ0) is 12.2. The van der Waals surface area contributed by atoms with Crippen molar-refractivity contribution >= 4 is 5.91 Å². The summed E-state index contributed by atoms with van der Waals surface area (Å²) in [4.78, 5) is 11.5. The lowest BCUT2D eigenvalue weighted by Gasteiger charge is -2.38. The third kappa shape index (κ3) is 3.76. The topological polar surface area (TPSA) is 75.4 Å². The molecule has 0 aromatic carbocycles. The first kappa shape index (κ1) is 13.5. The molecule has 1 aliphatic rings. The molecule has 0 spiro atoms. The van der Waals surface area contributed by atoms with Crippen molar-refractivity contribution in [2.24, 2.45) is 11.1 Å². The van der Waals surface area contributed by atoms with Crippen molar-refractivity contribution in [3.8, 4) is 0 Å². The van der Waals surface area contributed by atoms with Crippen LogP contribution < -0.4 is 11.1 Å². The van der Waals surface area contributed by atoms with Gasteiger partial charge in [0, 0.05) is 24.4 Å². The van der Waals surface area contributed by atoms with Gasteiger partial charge in [0.1, 0.15) is 0 Å². The van der Waals surface area contributed by atoms with Crippen LogP contribution in [0.1, 0.15) is 46.0 Å². The van der Waals surface area contributed by atoms with Gasteiger partial charge in [0.2, 0.25) is 5.91 Å². The summed E-state index contributed by atoms with van der Waals surface area (Å²) in [6, 6.07) is -0.107. The van der Waals surface area contributed by atoms with Crippen LogP contribution in [0, 0.1) is 5.41 Å². The van der Waals surface area contributed by atoms with Crippen molar-refractivity contribution in [1.29, 1.82) is 0 Å². The van der Waals surface area contributed by atoms with E-state index in [0.717, 1.165) is 25.7 Å². The van der Waals surface area contributed by atoms with Gasteiger partial charge in [0.25, 0.3) is 0 Å². The van der Waals surface area contributed by atoms with Crippen molar-refractivity contribution < 1.29 is 9.90 Å². The number of aliphatic hydroxyl groups is 1. The fourth-order valence-corrected chi connectivity index (χ4v) is 2.25. The predicted molar refractivity (Wildman–Crippen MR) is 63.9 cm³/mol. The largest absolute Gasteiger partial charge is 0.392 e. The van der Waals surface area contributed by atoms with Crippen LogP contribution in [0.25, 0.3) is 0 Å². The monoisotopic (exact) mass is 228 g/mol. The smallest absolute Gasteiger partial charge is 0.221 e. The summed E-state index contributed by atoms with van der Waals surface area (Å²) in [5.41, 5.74) is 5.39. The van der Waals surface area contributed by atoms with Crippen LogP contribution in [0.4, 0.5) is 0 Å². The lowest BCUT2D eigenvalue weighted by molar-refractivity contribution is -0.122. The molecule has 0 radical (unpaired) electrons. The summed E-state index contributed by atoms with van der Waals surface area (Å²) in [6.07, 6.45) is 4.11. The Morgan fingerprint density at radius 2 is 2.31 bits per heavy atom. The molecule has 1 aliphatic carbocycles. The zero-order valence-electron chi connectivity index (χ0n) is 10.3. The van der Waals surface area contributed by atoms with Gasteiger partial charge in [0.05, 0.1) is 6.10 Å². The normalized spacial score (nSPS) is 32.1. The predicted octanol–water partition coefficient (Wildman–Crippen LogP) is 0.781. The highest BCUT2D eigenvalue weighted by Gasteiger charge is 2.35. The van der Waals surface area contributed by atoms with Gasteiger partial charge in [-0.2, -0.15) is 0 Å². The van der Waals surface area contributed by atoms with Gasteiger partial charge in [0.15, 0.2) is 0 Å². The summed E-state index contributed by atoms with van der Waals surface area (Å²) in [5.74, 6) is -0.0194. The number of aliphatic hydroxyl groups excluding tert-OH is 1. The highest BCUT2D eigenvalue weighted by molar-refractivity contribution is 5.76. The molecule has 0 aromatic rings. The molecule has 94 valence electrons. The third-order valence-electron chi connectivity index (χ3n) is 3.48. The molecule has 4 nitrogen and oxygen atoms in total. The van der Waals surface area contributed by atoms with Crippen molar-refractivity contribution in [3.63, 3.8) is 0 Å². The number of nitrogens with one attached hydrogen (secondary N) is 1. The zero-order valence-corrected chi connectivity index (χ0v) is 10.3. The van der Waals surface area contributed by atoms with E-state index in [-0.39, 0.29) is 23.5 Å². The minimum absolute atomic E-state index is 0.0194. The molecule has 4 N–H and O–H groups in total. The molecule has 0 bridgehead atoms. The summed E-state index contributed by atoms with van der Waals surface area (Å²) >= 11 is 0. The summed E-state index contributed by atoms with van der Waals surface area (Å²) in [5, 5.41) is 12.8. The van der Waals surface area contributed by atoms with Crippen LogP contribution in [0.5, 0.6) is 0 Å². The Balaban J connectivity index is 2.37. The number of amides is 1. The molecule has 4 heteroatoms. The average Bonchev–Trinajstić information content (AvgIpc) is 2.19. The first-order valence-electron chi connectivity index (χ1n) is 6.14. The summed E-state index contributed by atoms with van der Waals surface area (Å²) in [7, 11) is 0. The summed E-state index contributed by atoms with van der Waals surface area (Å²) in [6.45, 7) is 4.42. The number of rotatable bonds is 4. The third-order valence-corrected chi connectivity index (χ3v) is 3.48. The van der Waals surface area contributed by atoms with Crippen molar-refractivity contribution in [2.45, 2.75) is 58.1 Å². The second-order valence-corrected chi connectivity index (χ2v) is 5.37. The maximum absolute atomic E-state index is 11.5. The van der Waals surface area contributed by atoms with E-state index in [1.807, 2.05) is 13.8 Å². The van der Waals surface area contributed by atoms with Gasteiger partial charge in [-0.15, -0.1) is 0 Å². The summed E-state index contributed by atoms with van der Waals surface area (Å²) < 4.78 is 0. The maximum Gasteiger partial charge on any atom is 0.221 e. The molecule has 1 amide bonds. The molecule has 3 unspecified atom stereocenters. The van der Waals surface area contributed by atoms with Gasteiger partial charge in [-0.3, -0.25) is 4.79 Å². The van der Waals surface area contributed by atoms with E-state index in [0.29, 0.717) is 13.0 Å². The molecule has 0 aromatic heterocycles. The Morgan fingerprint density at radius 3 is 2.88 bits per heavy atom. The number of hydrogen-bond acceptors (Lipinski definition) is 3. The van der Waals surface area contributed by atoms with Crippen LogP contribution in [0.3, 0.4) is 0 Å². The minimum atomic E-state index is -0.295. The first-order chi connectivity index (χ1) is 7.44. The van der Waals surface area contributed by atoms with Crippen LogP contribution in [-0.2, 0) is 4.79 Å². The minimum Gasteiger partial charge on any atom is -0.392 e. The van der Waals surface area contributed by atoms with E-state index in [1.54, 1.807) is 0 Å². The number of carbonyl (C=O) groups is 1. The number of carbonyl (C=O) groups excluding carboxylic acids is 1. The Hall–Kier alpha value is -0.610. The van der Waals surface area contributed by atoms with Crippen LogP contribution >= 0.6 is 0 Å². The Labute approximate surface area is 97.6 Å². The van der Waals surface area contributed by atoms with Crippen LogP contribution in [-0.4, -0.2) is 29.7 Å². The molecule has 1 rings (SSSR count). The molecule has 0 aliphatic heterocycles. The van der Waals surface area contributed by atoms with Gasteiger partial charge >= 0.3 is 0 Å². The highest BCUT2D eigenvalue weighted by atomic mass is 16.3. The SMILES string of the molecule is CC(N)CC(=O)NCC1(C)CCCCC1O. The van der Waals surface area contributed by atoms with Crippen LogP contribution in [0.2, 0.25) is 0 Å². The fraction of sp³-hybridized carbons (Fsp3) is 0.917. The number of nitrogens with two attached hydrogens (primary N) is 1. The molecular weight excluding hydrogens is 204 g/mol. The highest BCUT2D eigenvalue weighted by Crippen LogP contribution is 2.35. The molecule has 3 atom stereocenters. The Bertz CT molecular complexity index is 243. The Morgan fingerprint density at radius 1 is 1.62 bits per heavy atom. The van der Waals surface area contributed by atoms with Gasteiger partial charge in [-0.05, 0) is 19.8 Å². The lowest BCUT2D eigenvalue weighted by Crippen LogP contribution is -2.45.